The zero-order chi connectivity index (χ0) is 13.2. The molecule has 1 fully saturated rings. The van der Waals surface area contributed by atoms with Gasteiger partial charge in [-0.3, -0.25) is 4.79 Å². The maximum absolute atomic E-state index is 12.5. The van der Waals surface area contributed by atoms with Crippen LogP contribution in [0.2, 0.25) is 0 Å². The molecule has 0 radical (unpaired) electrons. The summed E-state index contributed by atoms with van der Waals surface area (Å²) in [6.07, 6.45) is 2.17. The second kappa shape index (κ2) is 5.01. The lowest BCUT2D eigenvalue weighted by Gasteiger charge is -2.21. The van der Waals surface area contributed by atoms with Crippen molar-refractivity contribution >= 4 is 23.1 Å². The molecule has 4 nitrogen and oxygen atoms in total. The Morgan fingerprint density at radius 2 is 2.21 bits per heavy atom. The third kappa shape index (κ3) is 2.76. The first kappa shape index (κ1) is 12.2. The van der Waals surface area contributed by atoms with E-state index in [-0.39, 0.29) is 5.91 Å². The average molecular weight is 273 g/mol. The predicted octanol–water partition coefficient (Wildman–Crippen LogP) is 2.53. The van der Waals surface area contributed by atoms with Gasteiger partial charge in [-0.15, -0.1) is 11.3 Å². The Labute approximate surface area is 115 Å². The van der Waals surface area contributed by atoms with Crippen LogP contribution in [0.25, 0.3) is 0 Å². The van der Waals surface area contributed by atoms with Crippen LogP contribution in [-0.4, -0.2) is 21.8 Å². The minimum Gasteiger partial charge on any atom is -0.384 e. The smallest absolute Gasteiger partial charge is 0.273 e. The Balaban J connectivity index is 1.82. The summed E-state index contributed by atoms with van der Waals surface area (Å²) in [7, 11) is 0. The van der Waals surface area contributed by atoms with Crippen LogP contribution in [-0.2, 0) is 6.54 Å². The number of thiophene rings is 1. The summed E-state index contributed by atoms with van der Waals surface area (Å²) in [6, 6.07) is 9.61. The summed E-state index contributed by atoms with van der Waals surface area (Å²) in [4.78, 5) is 19.7. The average Bonchev–Trinajstić information content (AvgIpc) is 3.12. The van der Waals surface area contributed by atoms with Crippen molar-refractivity contribution in [1.29, 1.82) is 0 Å². The van der Waals surface area contributed by atoms with Crippen molar-refractivity contribution < 1.29 is 4.79 Å². The number of rotatable bonds is 4. The molecule has 1 amide bonds. The molecule has 2 aromatic rings. The molecule has 98 valence electrons. The molecule has 1 aliphatic carbocycles. The van der Waals surface area contributed by atoms with Crippen molar-refractivity contribution in [2.75, 3.05) is 5.73 Å². The van der Waals surface area contributed by atoms with Gasteiger partial charge in [-0.25, -0.2) is 4.98 Å². The highest BCUT2D eigenvalue weighted by atomic mass is 32.1. The number of carbonyl (C=O) groups is 1. The Bertz CT molecular complexity index is 578. The molecule has 3 rings (SSSR count). The first-order valence-electron chi connectivity index (χ1n) is 6.30. The Hall–Kier alpha value is -1.88. The summed E-state index contributed by atoms with van der Waals surface area (Å²) in [5, 5.41) is 2.03. The van der Waals surface area contributed by atoms with E-state index in [1.54, 1.807) is 29.5 Å². The number of hydrogen-bond donors (Lipinski definition) is 1. The van der Waals surface area contributed by atoms with Gasteiger partial charge >= 0.3 is 0 Å². The number of carbonyl (C=O) groups excluding carboxylic acids is 1. The lowest BCUT2D eigenvalue weighted by atomic mass is 10.3. The standard InChI is InChI=1S/C14H15N3OS/c15-13-5-1-4-12(16-13)14(18)17(10-6-7-10)9-11-3-2-8-19-11/h1-5,8,10H,6-7,9H2,(H2,15,16). The second-order valence-corrected chi connectivity index (χ2v) is 5.72. The molecule has 19 heavy (non-hydrogen) atoms. The Kier molecular flexibility index (Phi) is 3.21. The van der Waals surface area contributed by atoms with Gasteiger partial charge in [-0.05, 0) is 36.4 Å². The van der Waals surface area contributed by atoms with Gasteiger partial charge in [0, 0.05) is 10.9 Å². The van der Waals surface area contributed by atoms with Gasteiger partial charge < -0.3 is 10.6 Å². The summed E-state index contributed by atoms with van der Waals surface area (Å²) in [5.74, 6) is 0.362. The van der Waals surface area contributed by atoms with Crippen LogP contribution in [0, 0.1) is 0 Å². The molecule has 1 aliphatic rings. The van der Waals surface area contributed by atoms with Crippen molar-refractivity contribution in [3.05, 3.63) is 46.3 Å². The van der Waals surface area contributed by atoms with Gasteiger partial charge in [0.1, 0.15) is 11.5 Å². The van der Waals surface area contributed by atoms with Crippen molar-refractivity contribution in [2.45, 2.75) is 25.4 Å². The van der Waals surface area contributed by atoms with E-state index in [1.807, 2.05) is 16.3 Å². The quantitative estimate of drug-likeness (QED) is 0.931. The largest absolute Gasteiger partial charge is 0.384 e. The summed E-state index contributed by atoms with van der Waals surface area (Å²) >= 11 is 1.67. The number of pyridine rings is 1. The van der Waals surface area contributed by atoms with Gasteiger partial charge in [0.2, 0.25) is 0 Å². The molecule has 0 spiro atoms. The third-order valence-corrected chi connectivity index (χ3v) is 4.01. The fourth-order valence-electron chi connectivity index (χ4n) is 2.04. The van der Waals surface area contributed by atoms with Crippen LogP contribution in [0.15, 0.2) is 35.7 Å². The minimum absolute atomic E-state index is 0.0248. The molecule has 5 heteroatoms. The maximum atomic E-state index is 12.5. The summed E-state index contributed by atoms with van der Waals surface area (Å²) < 4.78 is 0. The van der Waals surface area contributed by atoms with Crippen molar-refractivity contribution in [1.82, 2.24) is 9.88 Å². The molecule has 0 atom stereocenters. The van der Waals surface area contributed by atoms with Crippen LogP contribution < -0.4 is 5.73 Å². The van der Waals surface area contributed by atoms with E-state index in [0.29, 0.717) is 24.1 Å². The zero-order valence-electron chi connectivity index (χ0n) is 10.5. The topological polar surface area (TPSA) is 59.2 Å². The SMILES string of the molecule is Nc1cccc(C(=O)N(Cc2cccs2)C2CC2)n1. The van der Waals surface area contributed by atoms with E-state index in [4.69, 9.17) is 5.73 Å². The van der Waals surface area contributed by atoms with Crippen molar-refractivity contribution in [2.24, 2.45) is 0 Å². The molecule has 0 aliphatic heterocycles. The second-order valence-electron chi connectivity index (χ2n) is 4.69. The molecule has 0 aromatic carbocycles. The Morgan fingerprint density at radius 1 is 1.37 bits per heavy atom. The van der Waals surface area contributed by atoms with Gasteiger partial charge in [-0.2, -0.15) is 0 Å². The summed E-state index contributed by atoms with van der Waals surface area (Å²) in [6.45, 7) is 0.664. The molecule has 0 bridgehead atoms. The monoisotopic (exact) mass is 273 g/mol. The van der Waals surface area contributed by atoms with E-state index < -0.39 is 0 Å². The highest BCUT2D eigenvalue weighted by Gasteiger charge is 2.33. The van der Waals surface area contributed by atoms with Crippen molar-refractivity contribution in [3.8, 4) is 0 Å². The number of nitrogen functional groups attached to an aromatic ring is 1. The highest BCUT2D eigenvalue weighted by Crippen LogP contribution is 2.30. The third-order valence-electron chi connectivity index (χ3n) is 3.14. The lowest BCUT2D eigenvalue weighted by Crippen LogP contribution is -2.33. The Morgan fingerprint density at radius 3 is 2.84 bits per heavy atom. The molecule has 2 heterocycles. The fourth-order valence-corrected chi connectivity index (χ4v) is 2.74. The van der Waals surface area contributed by atoms with E-state index in [9.17, 15) is 4.79 Å². The number of nitrogens with zero attached hydrogens (tertiary/aromatic N) is 2. The zero-order valence-corrected chi connectivity index (χ0v) is 11.3. The number of nitrogens with two attached hydrogens (primary N) is 1. The lowest BCUT2D eigenvalue weighted by molar-refractivity contribution is 0.0726. The number of amides is 1. The number of anilines is 1. The van der Waals surface area contributed by atoms with Crippen LogP contribution in [0.5, 0.6) is 0 Å². The van der Waals surface area contributed by atoms with Gasteiger partial charge in [0.15, 0.2) is 0 Å². The first-order valence-corrected chi connectivity index (χ1v) is 7.18. The molecule has 2 N–H and O–H groups in total. The van der Waals surface area contributed by atoms with Gasteiger partial charge in [-0.1, -0.05) is 12.1 Å². The maximum Gasteiger partial charge on any atom is 0.273 e. The van der Waals surface area contributed by atoms with E-state index in [2.05, 4.69) is 11.1 Å². The molecule has 0 unspecified atom stereocenters. The predicted molar refractivity (Wildman–Crippen MR) is 75.9 cm³/mol. The van der Waals surface area contributed by atoms with Crippen LogP contribution in [0.4, 0.5) is 5.82 Å². The first-order chi connectivity index (χ1) is 9.24. The van der Waals surface area contributed by atoms with Gasteiger partial charge in [0.05, 0.1) is 6.54 Å². The molecule has 2 aromatic heterocycles. The minimum atomic E-state index is -0.0248. The van der Waals surface area contributed by atoms with E-state index >= 15 is 0 Å². The number of aromatic nitrogens is 1. The summed E-state index contributed by atoms with van der Waals surface area (Å²) in [5.41, 5.74) is 6.08. The highest BCUT2D eigenvalue weighted by molar-refractivity contribution is 7.09. The molecular formula is C14H15N3OS. The molecule has 0 saturated heterocycles. The number of hydrogen-bond acceptors (Lipinski definition) is 4. The molecule has 1 saturated carbocycles. The van der Waals surface area contributed by atoms with E-state index in [0.717, 1.165) is 12.8 Å². The van der Waals surface area contributed by atoms with Crippen LogP contribution in [0.1, 0.15) is 28.2 Å². The normalized spacial score (nSPS) is 14.3. The molecular weight excluding hydrogens is 258 g/mol. The fraction of sp³-hybridized carbons (Fsp3) is 0.286. The van der Waals surface area contributed by atoms with Gasteiger partial charge in [0.25, 0.3) is 5.91 Å². The van der Waals surface area contributed by atoms with Crippen LogP contribution in [0.3, 0.4) is 0 Å². The van der Waals surface area contributed by atoms with Crippen molar-refractivity contribution in [3.63, 3.8) is 0 Å². The van der Waals surface area contributed by atoms with Crippen LogP contribution >= 0.6 is 11.3 Å². The van der Waals surface area contributed by atoms with E-state index in [1.165, 1.54) is 4.88 Å².